The van der Waals surface area contributed by atoms with Crippen molar-refractivity contribution >= 4 is 5.69 Å². The molecule has 0 atom stereocenters. The maximum Gasteiger partial charge on any atom is 0.0343 e. The first kappa shape index (κ1) is 14.1. The van der Waals surface area contributed by atoms with Gasteiger partial charge < -0.3 is 5.32 Å². The first-order chi connectivity index (χ1) is 7.66. The molecule has 1 nitrogen and oxygen atoms in total. The Morgan fingerprint density at radius 2 is 1.41 bits per heavy atom. The fourth-order valence-electron chi connectivity index (χ4n) is 2.13. The zero-order valence-corrected chi connectivity index (χ0v) is 12.4. The molecule has 1 heteroatoms. The summed E-state index contributed by atoms with van der Waals surface area (Å²) in [5.74, 6) is 0. The number of rotatable bonds is 2. The van der Waals surface area contributed by atoms with Crippen LogP contribution in [-0.2, 0) is 10.8 Å². The monoisotopic (exact) mass is 233 g/mol. The number of nitrogens with one attached hydrogen (secondary N) is 1. The van der Waals surface area contributed by atoms with Crippen molar-refractivity contribution in [3.05, 3.63) is 29.3 Å². The molecule has 17 heavy (non-hydrogen) atoms. The molecule has 0 aliphatic carbocycles. The molecule has 96 valence electrons. The quantitative estimate of drug-likeness (QED) is 0.780. The summed E-state index contributed by atoms with van der Waals surface area (Å²) >= 11 is 0. The van der Waals surface area contributed by atoms with Crippen molar-refractivity contribution in [2.45, 2.75) is 59.3 Å². The third kappa shape index (κ3) is 3.49. The molecular formula is C16H27N. The SMILES string of the molecule is CCNc1ccc(C(C)(C)C)c(C(C)(C)C)c1. The van der Waals surface area contributed by atoms with Crippen LogP contribution in [0.25, 0.3) is 0 Å². The smallest absolute Gasteiger partial charge is 0.0343 e. The van der Waals surface area contributed by atoms with Crippen LogP contribution in [0.5, 0.6) is 0 Å². The number of benzene rings is 1. The first-order valence-electron chi connectivity index (χ1n) is 6.55. The van der Waals surface area contributed by atoms with Gasteiger partial charge in [0.1, 0.15) is 0 Å². The van der Waals surface area contributed by atoms with Crippen LogP contribution in [0.1, 0.15) is 59.6 Å². The summed E-state index contributed by atoms with van der Waals surface area (Å²) in [6.45, 7) is 16.8. The summed E-state index contributed by atoms with van der Waals surface area (Å²) in [6.07, 6.45) is 0. The van der Waals surface area contributed by atoms with Gasteiger partial charge in [0.15, 0.2) is 0 Å². The largest absolute Gasteiger partial charge is 0.385 e. The molecule has 0 unspecified atom stereocenters. The van der Waals surface area contributed by atoms with E-state index in [-0.39, 0.29) is 10.8 Å². The fraction of sp³-hybridized carbons (Fsp3) is 0.625. The van der Waals surface area contributed by atoms with E-state index in [1.165, 1.54) is 16.8 Å². The second-order valence-corrected chi connectivity index (χ2v) is 6.79. The maximum absolute atomic E-state index is 3.40. The van der Waals surface area contributed by atoms with E-state index < -0.39 is 0 Å². The molecular weight excluding hydrogens is 206 g/mol. The lowest BCUT2D eigenvalue weighted by Crippen LogP contribution is -2.22. The van der Waals surface area contributed by atoms with Gasteiger partial charge in [0, 0.05) is 12.2 Å². The van der Waals surface area contributed by atoms with Crippen LogP contribution >= 0.6 is 0 Å². The van der Waals surface area contributed by atoms with Crippen LogP contribution in [0, 0.1) is 0 Å². The molecule has 0 saturated heterocycles. The Balaban J connectivity index is 3.33. The van der Waals surface area contributed by atoms with Crippen molar-refractivity contribution in [1.82, 2.24) is 0 Å². The van der Waals surface area contributed by atoms with Crippen molar-refractivity contribution in [3.8, 4) is 0 Å². The minimum absolute atomic E-state index is 0.189. The Hall–Kier alpha value is -0.980. The summed E-state index contributed by atoms with van der Waals surface area (Å²) in [4.78, 5) is 0. The Morgan fingerprint density at radius 3 is 1.82 bits per heavy atom. The molecule has 0 aromatic heterocycles. The maximum atomic E-state index is 3.40. The standard InChI is InChI=1S/C16H27N/c1-8-17-12-9-10-13(15(2,3)4)14(11-12)16(5,6)7/h9-11,17H,8H2,1-7H3. The summed E-state index contributed by atoms with van der Waals surface area (Å²) in [5.41, 5.74) is 4.52. The lowest BCUT2D eigenvalue weighted by Gasteiger charge is -2.30. The van der Waals surface area contributed by atoms with Crippen LogP contribution in [0.2, 0.25) is 0 Å². The Bertz CT molecular complexity index is 377. The van der Waals surface area contributed by atoms with Gasteiger partial charge in [0.05, 0.1) is 0 Å². The average Bonchev–Trinajstić information content (AvgIpc) is 2.15. The zero-order valence-electron chi connectivity index (χ0n) is 12.4. The highest BCUT2D eigenvalue weighted by Gasteiger charge is 2.24. The lowest BCUT2D eigenvalue weighted by molar-refractivity contribution is 0.530. The third-order valence-corrected chi connectivity index (χ3v) is 3.02. The van der Waals surface area contributed by atoms with Crippen LogP contribution in [0.3, 0.4) is 0 Å². The summed E-state index contributed by atoms with van der Waals surface area (Å²) in [6, 6.07) is 6.78. The van der Waals surface area contributed by atoms with Crippen LogP contribution in [-0.4, -0.2) is 6.54 Å². The normalized spacial score (nSPS) is 12.6. The van der Waals surface area contributed by atoms with E-state index >= 15 is 0 Å². The number of anilines is 1. The van der Waals surface area contributed by atoms with E-state index in [1.807, 2.05) is 0 Å². The van der Waals surface area contributed by atoms with Gasteiger partial charge in [-0.05, 0) is 41.0 Å². The molecule has 1 rings (SSSR count). The summed E-state index contributed by atoms with van der Waals surface area (Å²) in [7, 11) is 0. The average molecular weight is 233 g/mol. The summed E-state index contributed by atoms with van der Waals surface area (Å²) < 4.78 is 0. The highest BCUT2D eigenvalue weighted by molar-refractivity contribution is 5.52. The molecule has 1 aromatic rings. The van der Waals surface area contributed by atoms with Crippen molar-refractivity contribution in [1.29, 1.82) is 0 Å². The molecule has 0 fully saturated rings. The molecule has 0 saturated carbocycles. The zero-order chi connectivity index (χ0) is 13.3. The molecule has 0 aliphatic rings. The highest BCUT2D eigenvalue weighted by Crippen LogP contribution is 2.35. The van der Waals surface area contributed by atoms with Gasteiger partial charge >= 0.3 is 0 Å². The molecule has 1 N–H and O–H groups in total. The van der Waals surface area contributed by atoms with Crippen molar-refractivity contribution in [2.75, 3.05) is 11.9 Å². The van der Waals surface area contributed by atoms with Crippen molar-refractivity contribution in [2.24, 2.45) is 0 Å². The second-order valence-electron chi connectivity index (χ2n) is 6.79. The Morgan fingerprint density at radius 1 is 0.882 bits per heavy atom. The van der Waals surface area contributed by atoms with E-state index in [2.05, 4.69) is 72.0 Å². The van der Waals surface area contributed by atoms with Crippen molar-refractivity contribution in [3.63, 3.8) is 0 Å². The van der Waals surface area contributed by atoms with Gasteiger partial charge in [-0.1, -0.05) is 47.6 Å². The molecule has 0 amide bonds. The molecule has 0 radical (unpaired) electrons. The van der Waals surface area contributed by atoms with E-state index in [1.54, 1.807) is 0 Å². The van der Waals surface area contributed by atoms with Gasteiger partial charge in [-0.25, -0.2) is 0 Å². The van der Waals surface area contributed by atoms with Crippen LogP contribution < -0.4 is 5.32 Å². The second kappa shape index (κ2) is 4.72. The predicted molar refractivity (Wildman–Crippen MR) is 78.0 cm³/mol. The topological polar surface area (TPSA) is 12.0 Å². The van der Waals surface area contributed by atoms with Gasteiger partial charge in [0.2, 0.25) is 0 Å². The molecule has 0 spiro atoms. The van der Waals surface area contributed by atoms with E-state index in [9.17, 15) is 0 Å². The van der Waals surface area contributed by atoms with Gasteiger partial charge in [-0.15, -0.1) is 0 Å². The van der Waals surface area contributed by atoms with Gasteiger partial charge in [-0.2, -0.15) is 0 Å². The third-order valence-electron chi connectivity index (χ3n) is 3.02. The van der Waals surface area contributed by atoms with E-state index in [0.717, 1.165) is 6.54 Å². The lowest BCUT2D eigenvalue weighted by atomic mass is 9.75. The van der Waals surface area contributed by atoms with Gasteiger partial charge in [-0.3, -0.25) is 0 Å². The minimum atomic E-state index is 0.189. The predicted octanol–water partition coefficient (Wildman–Crippen LogP) is 4.71. The molecule has 0 heterocycles. The van der Waals surface area contributed by atoms with Gasteiger partial charge in [0.25, 0.3) is 0 Å². The Kier molecular flexibility index (Phi) is 3.91. The van der Waals surface area contributed by atoms with Crippen LogP contribution in [0.4, 0.5) is 5.69 Å². The van der Waals surface area contributed by atoms with E-state index in [4.69, 9.17) is 0 Å². The van der Waals surface area contributed by atoms with Crippen molar-refractivity contribution < 1.29 is 0 Å². The fourth-order valence-corrected chi connectivity index (χ4v) is 2.13. The highest BCUT2D eigenvalue weighted by atomic mass is 14.8. The van der Waals surface area contributed by atoms with E-state index in [0.29, 0.717) is 0 Å². The molecule has 0 bridgehead atoms. The number of hydrogen-bond donors (Lipinski definition) is 1. The van der Waals surface area contributed by atoms with Crippen LogP contribution in [0.15, 0.2) is 18.2 Å². The minimum Gasteiger partial charge on any atom is -0.385 e. The summed E-state index contributed by atoms with van der Waals surface area (Å²) in [5, 5.41) is 3.40. The Labute approximate surface area is 107 Å². The molecule has 0 aliphatic heterocycles. The molecule has 1 aromatic carbocycles. The first-order valence-corrected chi connectivity index (χ1v) is 6.55. The number of hydrogen-bond acceptors (Lipinski definition) is 1.